The molecule has 160 valence electrons. The Labute approximate surface area is 186 Å². The number of hydrogen-bond acceptors (Lipinski definition) is 8. The summed E-state index contributed by atoms with van der Waals surface area (Å²) >= 11 is 0. The Bertz CT molecular complexity index is 1090. The van der Waals surface area contributed by atoms with Gasteiger partial charge in [0, 0.05) is 69.1 Å². The number of aromatic nitrogens is 5. The molecule has 1 aliphatic rings. The van der Waals surface area contributed by atoms with Gasteiger partial charge < -0.3 is 15.5 Å². The van der Waals surface area contributed by atoms with E-state index in [-0.39, 0.29) is 0 Å². The number of piperazine rings is 1. The molecular formula is C24H24N8. The van der Waals surface area contributed by atoms with Crippen molar-refractivity contribution >= 4 is 11.6 Å². The maximum Gasteiger partial charge on any atom is 0.180 e. The van der Waals surface area contributed by atoms with Crippen LogP contribution in [0.1, 0.15) is 5.56 Å². The zero-order chi connectivity index (χ0) is 21.6. The second-order valence-corrected chi connectivity index (χ2v) is 7.53. The van der Waals surface area contributed by atoms with E-state index < -0.39 is 0 Å². The predicted octanol–water partition coefficient (Wildman–Crippen LogP) is 3.02. The van der Waals surface area contributed by atoms with Gasteiger partial charge in [0.2, 0.25) is 0 Å². The van der Waals surface area contributed by atoms with Gasteiger partial charge >= 0.3 is 0 Å². The predicted molar refractivity (Wildman–Crippen MR) is 125 cm³/mol. The maximum absolute atomic E-state index is 4.72. The lowest BCUT2D eigenvalue weighted by Gasteiger charge is -2.28. The van der Waals surface area contributed by atoms with E-state index in [1.807, 2.05) is 42.6 Å². The van der Waals surface area contributed by atoms with E-state index in [1.165, 1.54) is 0 Å². The van der Waals surface area contributed by atoms with Crippen LogP contribution in [0.3, 0.4) is 0 Å². The summed E-state index contributed by atoms with van der Waals surface area (Å²) in [6.07, 6.45) is 7.22. The molecule has 4 aromatic rings. The summed E-state index contributed by atoms with van der Waals surface area (Å²) in [6.45, 7) is 4.57. The SMILES string of the molecule is c1ccc(-c2nc(NCc3ccc(N4CCNCC4)nc3)cc(-c3cccnc3)n2)nc1. The molecule has 1 aliphatic heterocycles. The molecule has 8 heteroatoms. The van der Waals surface area contributed by atoms with Gasteiger partial charge in [-0.1, -0.05) is 12.1 Å². The van der Waals surface area contributed by atoms with Crippen LogP contribution in [0.25, 0.3) is 22.8 Å². The van der Waals surface area contributed by atoms with E-state index >= 15 is 0 Å². The fourth-order valence-electron chi connectivity index (χ4n) is 3.60. The highest BCUT2D eigenvalue weighted by atomic mass is 15.2. The Morgan fingerprint density at radius 3 is 2.56 bits per heavy atom. The van der Waals surface area contributed by atoms with Gasteiger partial charge in [0.1, 0.15) is 17.3 Å². The van der Waals surface area contributed by atoms with Gasteiger partial charge in [0.05, 0.1) is 5.69 Å². The Balaban J connectivity index is 1.37. The first-order chi connectivity index (χ1) is 15.8. The zero-order valence-electron chi connectivity index (χ0n) is 17.6. The first-order valence-corrected chi connectivity index (χ1v) is 10.7. The van der Waals surface area contributed by atoms with E-state index in [2.05, 4.69) is 42.6 Å². The molecule has 5 rings (SSSR count). The first-order valence-electron chi connectivity index (χ1n) is 10.7. The van der Waals surface area contributed by atoms with Crippen LogP contribution >= 0.6 is 0 Å². The minimum atomic E-state index is 0.571. The van der Waals surface area contributed by atoms with Crippen molar-refractivity contribution in [3.05, 3.63) is 78.9 Å². The van der Waals surface area contributed by atoms with Crippen molar-refractivity contribution < 1.29 is 0 Å². The van der Waals surface area contributed by atoms with Crippen LogP contribution in [0.5, 0.6) is 0 Å². The average molecular weight is 425 g/mol. The molecule has 0 bridgehead atoms. The summed E-state index contributed by atoms with van der Waals surface area (Å²) in [5.74, 6) is 2.32. The van der Waals surface area contributed by atoms with E-state index in [0.717, 1.165) is 60.3 Å². The normalized spacial score (nSPS) is 13.7. The summed E-state index contributed by atoms with van der Waals surface area (Å²) in [5.41, 5.74) is 3.54. The average Bonchev–Trinajstić information content (AvgIpc) is 2.89. The monoisotopic (exact) mass is 424 g/mol. The summed E-state index contributed by atoms with van der Waals surface area (Å²) < 4.78 is 0. The van der Waals surface area contributed by atoms with Crippen LogP contribution in [-0.4, -0.2) is 51.1 Å². The van der Waals surface area contributed by atoms with Crippen LogP contribution in [0.15, 0.2) is 73.3 Å². The third-order valence-electron chi connectivity index (χ3n) is 5.30. The number of nitrogens with zero attached hydrogens (tertiary/aromatic N) is 6. The molecule has 2 N–H and O–H groups in total. The molecule has 1 saturated heterocycles. The minimum Gasteiger partial charge on any atom is -0.366 e. The summed E-state index contributed by atoms with van der Waals surface area (Å²) in [7, 11) is 0. The van der Waals surface area contributed by atoms with E-state index in [1.54, 1.807) is 18.6 Å². The molecule has 5 heterocycles. The molecular weight excluding hydrogens is 400 g/mol. The standard InChI is InChI=1S/C24H24N8/c1-2-9-27-20(5-1)24-30-21(19-4-3-8-26-17-19)14-22(31-24)28-15-18-6-7-23(29-16-18)32-12-10-25-11-13-32/h1-9,14,16-17,25H,10-13,15H2,(H,28,30,31). The van der Waals surface area contributed by atoms with Crippen LogP contribution < -0.4 is 15.5 Å². The van der Waals surface area contributed by atoms with Crippen molar-refractivity contribution in [3.63, 3.8) is 0 Å². The lowest BCUT2D eigenvalue weighted by molar-refractivity contribution is 0.585. The summed E-state index contributed by atoms with van der Waals surface area (Å²) in [4.78, 5) is 25.0. The highest BCUT2D eigenvalue weighted by Crippen LogP contribution is 2.23. The summed E-state index contributed by atoms with van der Waals surface area (Å²) in [6, 6.07) is 15.7. The topological polar surface area (TPSA) is 91.8 Å². The van der Waals surface area contributed by atoms with Gasteiger partial charge in [0.25, 0.3) is 0 Å². The summed E-state index contributed by atoms with van der Waals surface area (Å²) in [5, 5.41) is 6.78. The van der Waals surface area contributed by atoms with Gasteiger partial charge in [-0.05, 0) is 35.9 Å². The van der Waals surface area contributed by atoms with Crippen molar-refractivity contribution in [2.45, 2.75) is 6.54 Å². The van der Waals surface area contributed by atoms with Crippen molar-refractivity contribution in [1.29, 1.82) is 0 Å². The molecule has 0 spiro atoms. The first kappa shape index (κ1) is 20.0. The molecule has 4 aromatic heterocycles. The van der Waals surface area contributed by atoms with Gasteiger partial charge in [-0.25, -0.2) is 15.0 Å². The molecule has 0 radical (unpaired) electrons. The molecule has 0 unspecified atom stereocenters. The lowest BCUT2D eigenvalue weighted by atomic mass is 10.2. The van der Waals surface area contributed by atoms with Gasteiger partial charge in [0.15, 0.2) is 5.82 Å². The Morgan fingerprint density at radius 2 is 1.81 bits per heavy atom. The number of pyridine rings is 3. The Hall–Kier alpha value is -3.91. The Kier molecular flexibility index (Phi) is 5.93. The molecule has 1 fully saturated rings. The maximum atomic E-state index is 4.72. The molecule has 32 heavy (non-hydrogen) atoms. The van der Waals surface area contributed by atoms with Crippen LogP contribution in [0.2, 0.25) is 0 Å². The zero-order valence-corrected chi connectivity index (χ0v) is 17.6. The highest BCUT2D eigenvalue weighted by molar-refractivity contribution is 5.65. The second kappa shape index (κ2) is 9.49. The Morgan fingerprint density at radius 1 is 0.875 bits per heavy atom. The number of anilines is 2. The molecule has 0 aliphatic carbocycles. The van der Waals surface area contributed by atoms with E-state index in [9.17, 15) is 0 Å². The molecule has 8 nitrogen and oxygen atoms in total. The molecule has 0 amide bonds. The van der Waals surface area contributed by atoms with Crippen LogP contribution in [-0.2, 0) is 6.54 Å². The molecule has 0 saturated carbocycles. The van der Waals surface area contributed by atoms with Crippen LogP contribution in [0.4, 0.5) is 11.6 Å². The van der Waals surface area contributed by atoms with Gasteiger partial charge in [-0.3, -0.25) is 9.97 Å². The van der Waals surface area contributed by atoms with Gasteiger partial charge in [-0.15, -0.1) is 0 Å². The second-order valence-electron chi connectivity index (χ2n) is 7.53. The van der Waals surface area contributed by atoms with Crippen molar-refractivity contribution in [3.8, 4) is 22.8 Å². The van der Waals surface area contributed by atoms with Crippen molar-refractivity contribution in [2.75, 3.05) is 36.4 Å². The smallest absolute Gasteiger partial charge is 0.180 e. The third kappa shape index (κ3) is 4.70. The van der Waals surface area contributed by atoms with Crippen LogP contribution in [0, 0.1) is 0 Å². The lowest BCUT2D eigenvalue weighted by Crippen LogP contribution is -2.43. The number of rotatable bonds is 6. The molecule has 0 atom stereocenters. The van der Waals surface area contributed by atoms with Crippen molar-refractivity contribution in [1.82, 2.24) is 30.2 Å². The largest absolute Gasteiger partial charge is 0.366 e. The quantitative estimate of drug-likeness (QED) is 0.488. The third-order valence-corrected chi connectivity index (χ3v) is 5.30. The van der Waals surface area contributed by atoms with Crippen molar-refractivity contribution in [2.24, 2.45) is 0 Å². The fraction of sp³-hybridized carbons (Fsp3) is 0.208. The number of nitrogens with one attached hydrogen (secondary N) is 2. The minimum absolute atomic E-state index is 0.571. The van der Waals surface area contributed by atoms with E-state index in [4.69, 9.17) is 9.97 Å². The van der Waals surface area contributed by atoms with Gasteiger partial charge in [-0.2, -0.15) is 0 Å². The molecule has 0 aromatic carbocycles. The highest BCUT2D eigenvalue weighted by Gasteiger charge is 2.12. The van der Waals surface area contributed by atoms with E-state index in [0.29, 0.717) is 12.4 Å². The number of hydrogen-bond donors (Lipinski definition) is 2. The fourth-order valence-corrected chi connectivity index (χ4v) is 3.60.